The van der Waals surface area contributed by atoms with E-state index in [0.717, 1.165) is 17.1 Å². The molecule has 0 spiro atoms. The summed E-state index contributed by atoms with van der Waals surface area (Å²) in [5.74, 6) is 1.65. The molecule has 3 heteroatoms. The van der Waals surface area contributed by atoms with E-state index < -0.39 is 0 Å². The van der Waals surface area contributed by atoms with Crippen molar-refractivity contribution < 1.29 is 9.47 Å². The van der Waals surface area contributed by atoms with Crippen LogP contribution in [0.4, 0.5) is 0 Å². The van der Waals surface area contributed by atoms with Crippen LogP contribution < -0.4 is 14.8 Å². The number of ether oxygens (including phenoxy) is 2. The standard InChI is InChI=1S/C17H21NO2/c1-12-7-5-8-13(11-12)17(18-2)16-14(19-3)9-6-10-15(16)20-4/h5-11,17-18H,1-4H3. The fraction of sp³-hybridized carbons (Fsp3) is 0.294. The van der Waals surface area contributed by atoms with Crippen molar-refractivity contribution in [1.29, 1.82) is 0 Å². The van der Waals surface area contributed by atoms with Crippen molar-refractivity contribution in [3.63, 3.8) is 0 Å². The smallest absolute Gasteiger partial charge is 0.127 e. The summed E-state index contributed by atoms with van der Waals surface area (Å²) in [5, 5.41) is 3.35. The average Bonchev–Trinajstić information content (AvgIpc) is 2.48. The summed E-state index contributed by atoms with van der Waals surface area (Å²) in [4.78, 5) is 0. The summed E-state index contributed by atoms with van der Waals surface area (Å²) in [5.41, 5.74) is 3.44. The van der Waals surface area contributed by atoms with Crippen LogP contribution in [-0.2, 0) is 0 Å². The highest BCUT2D eigenvalue weighted by Crippen LogP contribution is 2.37. The molecule has 20 heavy (non-hydrogen) atoms. The second-order valence-electron chi connectivity index (χ2n) is 4.71. The highest BCUT2D eigenvalue weighted by Gasteiger charge is 2.21. The van der Waals surface area contributed by atoms with E-state index >= 15 is 0 Å². The van der Waals surface area contributed by atoms with Gasteiger partial charge >= 0.3 is 0 Å². The summed E-state index contributed by atoms with van der Waals surface area (Å²) in [7, 11) is 5.31. The highest BCUT2D eigenvalue weighted by atomic mass is 16.5. The lowest BCUT2D eigenvalue weighted by atomic mass is 9.96. The molecule has 0 aliphatic heterocycles. The molecular formula is C17H21NO2. The minimum Gasteiger partial charge on any atom is -0.496 e. The van der Waals surface area contributed by atoms with Crippen molar-refractivity contribution in [2.75, 3.05) is 21.3 Å². The largest absolute Gasteiger partial charge is 0.496 e. The van der Waals surface area contributed by atoms with E-state index in [2.05, 4.69) is 36.5 Å². The Morgan fingerprint density at radius 2 is 1.55 bits per heavy atom. The molecule has 106 valence electrons. The number of methoxy groups -OCH3 is 2. The Labute approximate surface area is 120 Å². The van der Waals surface area contributed by atoms with Crippen LogP contribution in [0, 0.1) is 6.92 Å². The SMILES string of the molecule is CNC(c1cccc(C)c1)c1c(OC)cccc1OC. The number of aryl methyl sites for hydroxylation is 1. The summed E-state index contributed by atoms with van der Waals surface area (Å²) in [6, 6.07) is 14.3. The van der Waals surface area contributed by atoms with Crippen LogP contribution in [0.15, 0.2) is 42.5 Å². The molecule has 2 aromatic carbocycles. The van der Waals surface area contributed by atoms with Crippen molar-refractivity contribution in [2.45, 2.75) is 13.0 Å². The van der Waals surface area contributed by atoms with Crippen LogP contribution in [-0.4, -0.2) is 21.3 Å². The zero-order valence-corrected chi connectivity index (χ0v) is 12.4. The highest BCUT2D eigenvalue weighted by molar-refractivity contribution is 5.50. The number of nitrogens with one attached hydrogen (secondary N) is 1. The summed E-state index contributed by atoms with van der Waals surface area (Å²) in [6.45, 7) is 2.09. The zero-order chi connectivity index (χ0) is 14.5. The topological polar surface area (TPSA) is 30.5 Å². The van der Waals surface area contributed by atoms with Gasteiger partial charge in [-0.05, 0) is 31.7 Å². The van der Waals surface area contributed by atoms with E-state index in [1.807, 2.05) is 25.2 Å². The van der Waals surface area contributed by atoms with Gasteiger partial charge in [-0.3, -0.25) is 0 Å². The molecule has 0 bridgehead atoms. The molecule has 1 atom stereocenters. The first-order valence-corrected chi connectivity index (χ1v) is 6.66. The van der Waals surface area contributed by atoms with Gasteiger partial charge in [0.2, 0.25) is 0 Å². The molecule has 0 saturated heterocycles. The molecule has 3 nitrogen and oxygen atoms in total. The van der Waals surface area contributed by atoms with Crippen LogP contribution in [0.1, 0.15) is 22.7 Å². The Morgan fingerprint density at radius 1 is 0.950 bits per heavy atom. The maximum atomic E-state index is 5.50. The Bertz CT molecular complexity index is 559. The number of rotatable bonds is 5. The van der Waals surface area contributed by atoms with E-state index in [1.165, 1.54) is 11.1 Å². The molecule has 0 aliphatic rings. The Kier molecular flexibility index (Phi) is 4.64. The summed E-state index contributed by atoms with van der Waals surface area (Å²) < 4.78 is 11.0. The number of hydrogen-bond acceptors (Lipinski definition) is 3. The monoisotopic (exact) mass is 271 g/mol. The first-order valence-electron chi connectivity index (χ1n) is 6.66. The molecular weight excluding hydrogens is 250 g/mol. The van der Waals surface area contributed by atoms with Gasteiger partial charge in [-0.25, -0.2) is 0 Å². The third kappa shape index (κ3) is 2.78. The van der Waals surface area contributed by atoms with Gasteiger partial charge in [0.15, 0.2) is 0 Å². The van der Waals surface area contributed by atoms with Gasteiger partial charge in [0.05, 0.1) is 25.8 Å². The maximum absolute atomic E-state index is 5.50. The minimum atomic E-state index is 0.0287. The molecule has 0 amide bonds. The van der Waals surface area contributed by atoms with Gasteiger partial charge < -0.3 is 14.8 Å². The second-order valence-corrected chi connectivity index (χ2v) is 4.71. The van der Waals surface area contributed by atoms with Crippen LogP contribution in [0.5, 0.6) is 11.5 Å². The van der Waals surface area contributed by atoms with Crippen LogP contribution in [0.3, 0.4) is 0 Å². The Hall–Kier alpha value is -2.00. The van der Waals surface area contributed by atoms with Crippen molar-refractivity contribution in [3.8, 4) is 11.5 Å². The van der Waals surface area contributed by atoms with E-state index in [4.69, 9.17) is 9.47 Å². The molecule has 0 saturated carbocycles. The number of hydrogen-bond donors (Lipinski definition) is 1. The van der Waals surface area contributed by atoms with Gasteiger partial charge in [-0.15, -0.1) is 0 Å². The van der Waals surface area contributed by atoms with Crippen LogP contribution in [0.2, 0.25) is 0 Å². The van der Waals surface area contributed by atoms with E-state index in [0.29, 0.717) is 0 Å². The predicted molar refractivity (Wildman–Crippen MR) is 81.6 cm³/mol. The van der Waals surface area contributed by atoms with Crippen LogP contribution in [0.25, 0.3) is 0 Å². The molecule has 0 aliphatic carbocycles. The fourth-order valence-electron chi connectivity index (χ4n) is 2.49. The second kappa shape index (κ2) is 6.44. The molecule has 1 unspecified atom stereocenters. The van der Waals surface area contributed by atoms with E-state index in [1.54, 1.807) is 14.2 Å². The molecule has 0 fully saturated rings. The third-order valence-corrected chi connectivity index (χ3v) is 3.42. The van der Waals surface area contributed by atoms with Crippen molar-refractivity contribution in [2.24, 2.45) is 0 Å². The fourth-order valence-corrected chi connectivity index (χ4v) is 2.49. The molecule has 0 radical (unpaired) electrons. The number of benzene rings is 2. The van der Waals surface area contributed by atoms with Gasteiger partial charge in [0, 0.05) is 0 Å². The van der Waals surface area contributed by atoms with E-state index in [9.17, 15) is 0 Å². The predicted octanol–water partition coefficient (Wildman–Crippen LogP) is 3.32. The lowest BCUT2D eigenvalue weighted by Gasteiger charge is -2.22. The maximum Gasteiger partial charge on any atom is 0.127 e. The molecule has 0 heterocycles. The molecule has 2 aromatic rings. The van der Waals surface area contributed by atoms with Crippen molar-refractivity contribution >= 4 is 0 Å². The summed E-state index contributed by atoms with van der Waals surface area (Å²) in [6.07, 6.45) is 0. The van der Waals surface area contributed by atoms with Gasteiger partial charge in [0.1, 0.15) is 11.5 Å². The third-order valence-electron chi connectivity index (χ3n) is 3.42. The van der Waals surface area contributed by atoms with Crippen LogP contribution >= 0.6 is 0 Å². The molecule has 0 aromatic heterocycles. The molecule has 2 rings (SSSR count). The van der Waals surface area contributed by atoms with Crippen molar-refractivity contribution in [3.05, 3.63) is 59.2 Å². The van der Waals surface area contributed by atoms with Gasteiger partial charge in [-0.2, -0.15) is 0 Å². The lowest BCUT2D eigenvalue weighted by molar-refractivity contribution is 0.379. The normalized spacial score (nSPS) is 12.0. The average molecular weight is 271 g/mol. The summed E-state index contributed by atoms with van der Waals surface area (Å²) >= 11 is 0. The minimum absolute atomic E-state index is 0.0287. The lowest BCUT2D eigenvalue weighted by Crippen LogP contribution is -2.19. The van der Waals surface area contributed by atoms with E-state index in [-0.39, 0.29) is 6.04 Å². The van der Waals surface area contributed by atoms with Gasteiger partial charge in [-0.1, -0.05) is 35.9 Å². The van der Waals surface area contributed by atoms with Gasteiger partial charge in [0.25, 0.3) is 0 Å². The quantitative estimate of drug-likeness (QED) is 0.905. The zero-order valence-electron chi connectivity index (χ0n) is 12.4. The first-order chi connectivity index (χ1) is 9.71. The Balaban J connectivity index is 2.57. The first kappa shape index (κ1) is 14.4. The van der Waals surface area contributed by atoms with Crippen molar-refractivity contribution in [1.82, 2.24) is 5.32 Å². The Morgan fingerprint density at radius 3 is 2.05 bits per heavy atom. The molecule has 1 N–H and O–H groups in total.